The quantitative estimate of drug-likeness (QED) is 0.505. The minimum absolute atomic E-state index is 0.257. The largest absolute Gasteiger partial charge is 0.493 e. The molecule has 0 bridgehead atoms. The van der Waals surface area contributed by atoms with Crippen LogP contribution in [-0.4, -0.2) is 39.8 Å². The molecule has 0 radical (unpaired) electrons. The summed E-state index contributed by atoms with van der Waals surface area (Å²) in [6.45, 7) is 1.67. The van der Waals surface area contributed by atoms with E-state index >= 15 is 0 Å². The van der Waals surface area contributed by atoms with E-state index in [0.717, 1.165) is 34.3 Å². The Morgan fingerprint density at radius 2 is 2.13 bits per heavy atom. The molecule has 5 heterocycles. The molecule has 0 saturated carbocycles. The van der Waals surface area contributed by atoms with Gasteiger partial charge in [0.15, 0.2) is 23.3 Å². The lowest BCUT2D eigenvalue weighted by Gasteiger charge is -2.28. The molecule has 8 heteroatoms. The second-order valence-electron chi connectivity index (χ2n) is 7.59. The fourth-order valence-electron chi connectivity index (χ4n) is 4.07. The van der Waals surface area contributed by atoms with Crippen LogP contribution in [0.25, 0.3) is 11.2 Å². The van der Waals surface area contributed by atoms with Crippen LogP contribution in [0.5, 0.6) is 23.1 Å². The summed E-state index contributed by atoms with van der Waals surface area (Å²) < 4.78 is 25.5. The number of imidazole rings is 1. The summed E-state index contributed by atoms with van der Waals surface area (Å²) in [6.07, 6.45) is 5.96. The highest BCUT2D eigenvalue weighted by atomic mass is 16.6. The van der Waals surface area contributed by atoms with Crippen LogP contribution < -0.4 is 18.9 Å². The molecular weight excluding hydrogens is 396 g/mol. The molecular formula is C23H20N4O4. The van der Waals surface area contributed by atoms with Crippen molar-refractivity contribution >= 4 is 11.2 Å². The zero-order valence-electron chi connectivity index (χ0n) is 16.9. The van der Waals surface area contributed by atoms with E-state index in [1.807, 2.05) is 28.8 Å². The number of nitrogens with zero attached hydrogens (tertiary/aromatic N) is 4. The summed E-state index contributed by atoms with van der Waals surface area (Å²) in [6, 6.07) is 9.87. The van der Waals surface area contributed by atoms with Crippen molar-refractivity contribution in [3.63, 3.8) is 0 Å². The Balaban J connectivity index is 1.30. The Bertz CT molecular complexity index is 1270. The van der Waals surface area contributed by atoms with Crippen LogP contribution in [0.3, 0.4) is 0 Å². The van der Waals surface area contributed by atoms with Crippen LogP contribution in [0, 0.1) is 0 Å². The lowest BCUT2D eigenvalue weighted by molar-refractivity contribution is 0.0867. The van der Waals surface area contributed by atoms with Gasteiger partial charge in [-0.2, -0.15) is 0 Å². The Morgan fingerprint density at radius 3 is 3.06 bits per heavy atom. The predicted octanol–water partition coefficient (Wildman–Crippen LogP) is 3.33. The van der Waals surface area contributed by atoms with Gasteiger partial charge < -0.3 is 23.5 Å². The smallest absolute Gasteiger partial charge is 0.216 e. The molecule has 0 amide bonds. The van der Waals surface area contributed by atoms with E-state index in [1.54, 1.807) is 25.8 Å². The number of fused-ring (bicyclic) bond motifs is 3. The van der Waals surface area contributed by atoms with Crippen molar-refractivity contribution < 1.29 is 18.9 Å². The van der Waals surface area contributed by atoms with Crippen LogP contribution in [0.15, 0.2) is 49.1 Å². The van der Waals surface area contributed by atoms with Crippen molar-refractivity contribution in [2.75, 3.05) is 20.3 Å². The summed E-state index contributed by atoms with van der Waals surface area (Å²) in [4.78, 5) is 13.3. The third-order valence-corrected chi connectivity index (χ3v) is 5.61. The standard InChI is InChI=1S/C23H20N4O4/c1-28-18-7-14(11-27-13-26-17-3-2-5-24-22(17)27)8-19-21(18)31-20(12-30-19)16-9-15-4-6-29-23(15)25-10-16/h2-3,5,7-10,13,20H,4,6,11-12H2,1H3. The van der Waals surface area contributed by atoms with Gasteiger partial charge in [-0.3, -0.25) is 0 Å². The molecule has 0 saturated heterocycles. The maximum Gasteiger partial charge on any atom is 0.216 e. The number of aromatic nitrogens is 4. The summed E-state index contributed by atoms with van der Waals surface area (Å²) in [7, 11) is 1.63. The topological polar surface area (TPSA) is 80.5 Å². The second kappa shape index (κ2) is 7.16. The van der Waals surface area contributed by atoms with E-state index in [-0.39, 0.29) is 6.10 Å². The highest BCUT2D eigenvalue weighted by molar-refractivity contribution is 5.70. The molecule has 1 aromatic carbocycles. The van der Waals surface area contributed by atoms with Gasteiger partial charge in [-0.05, 0) is 35.9 Å². The lowest BCUT2D eigenvalue weighted by Crippen LogP contribution is -2.22. The van der Waals surface area contributed by atoms with Crippen molar-refractivity contribution in [2.24, 2.45) is 0 Å². The first kappa shape index (κ1) is 18.0. The molecule has 8 nitrogen and oxygen atoms in total. The van der Waals surface area contributed by atoms with Crippen molar-refractivity contribution in [3.8, 4) is 23.1 Å². The van der Waals surface area contributed by atoms with E-state index < -0.39 is 0 Å². The molecule has 6 rings (SSSR count). The number of rotatable bonds is 4. The molecule has 31 heavy (non-hydrogen) atoms. The fourth-order valence-corrected chi connectivity index (χ4v) is 4.07. The van der Waals surface area contributed by atoms with Crippen molar-refractivity contribution in [1.29, 1.82) is 0 Å². The van der Waals surface area contributed by atoms with Crippen molar-refractivity contribution in [3.05, 3.63) is 65.7 Å². The Hall–Kier alpha value is -3.81. The Kier molecular flexibility index (Phi) is 4.15. The number of ether oxygens (including phenoxy) is 4. The normalized spacial score (nSPS) is 16.7. The molecule has 1 unspecified atom stereocenters. The minimum Gasteiger partial charge on any atom is -0.493 e. The van der Waals surface area contributed by atoms with Gasteiger partial charge in [0.2, 0.25) is 11.6 Å². The van der Waals surface area contributed by atoms with Crippen LogP contribution in [-0.2, 0) is 13.0 Å². The predicted molar refractivity (Wildman–Crippen MR) is 112 cm³/mol. The van der Waals surface area contributed by atoms with Gasteiger partial charge in [0.05, 0.1) is 26.6 Å². The van der Waals surface area contributed by atoms with E-state index in [4.69, 9.17) is 18.9 Å². The average Bonchev–Trinajstić information content (AvgIpc) is 3.45. The first-order valence-corrected chi connectivity index (χ1v) is 10.2. The fraction of sp³-hybridized carbons (Fsp3) is 0.261. The zero-order valence-corrected chi connectivity index (χ0v) is 16.9. The Labute approximate surface area is 178 Å². The molecule has 0 spiro atoms. The van der Waals surface area contributed by atoms with Crippen molar-refractivity contribution in [1.82, 2.24) is 19.5 Å². The third kappa shape index (κ3) is 3.11. The number of methoxy groups -OCH3 is 1. The third-order valence-electron chi connectivity index (χ3n) is 5.61. The van der Waals surface area contributed by atoms with Gasteiger partial charge in [0.25, 0.3) is 0 Å². The first-order valence-electron chi connectivity index (χ1n) is 10.2. The number of pyridine rings is 2. The average molecular weight is 416 g/mol. The van der Waals surface area contributed by atoms with E-state index in [1.165, 1.54) is 0 Å². The molecule has 4 aromatic rings. The number of hydrogen-bond donors (Lipinski definition) is 0. The monoisotopic (exact) mass is 416 g/mol. The van der Waals surface area contributed by atoms with Crippen LogP contribution >= 0.6 is 0 Å². The van der Waals surface area contributed by atoms with Gasteiger partial charge in [-0.25, -0.2) is 15.0 Å². The van der Waals surface area contributed by atoms with Gasteiger partial charge in [0, 0.05) is 29.9 Å². The summed E-state index contributed by atoms with van der Waals surface area (Å²) >= 11 is 0. The molecule has 0 aliphatic carbocycles. The van der Waals surface area contributed by atoms with E-state index in [9.17, 15) is 0 Å². The molecule has 0 fully saturated rings. The summed E-state index contributed by atoms with van der Waals surface area (Å²) in [5.41, 5.74) is 4.79. The highest BCUT2D eigenvalue weighted by Gasteiger charge is 2.28. The molecule has 2 aliphatic rings. The van der Waals surface area contributed by atoms with Gasteiger partial charge in [-0.1, -0.05) is 0 Å². The maximum atomic E-state index is 6.30. The van der Waals surface area contributed by atoms with E-state index in [0.29, 0.717) is 42.9 Å². The highest BCUT2D eigenvalue weighted by Crippen LogP contribution is 2.44. The van der Waals surface area contributed by atoms with Crippen LogP contribution in [0.1, 0.15) is 22.8 Å². The van der Waals surface area contributed by atoms with Gasteiger partial charge in [-0.15, -0.1) is 0 Å². The SMILES string of the molecule is COc1cc(Cn2cnc3cccnc32)cc2c1OC(c1cnc3c(c1)CCO3)CO2. The van der Waals surface area contributed by atoms with Crippen molar-refractivity contribution in [2.45, 2.75) is 19.1 Å². The summed E-state index contributed by atoms with van der Waals surface area (Å²) in [5.74, 6) is 2.62. The van der Waals surface area contributed by atoms with Gasteiger partial charge >= 0.3 is 0 Å². The van der Waals surface area contributed by atoms with E-state index in [2.05, 4.69) is 21.0 Å². The van der Waals surface area contributed by atoms with Gasteiger partial charge in [0.1, 0.15) is 12.1 Å². The lowest BCUT2D eigenvalue weighted by atomic mass is 10.1. The van der Waals surface area contributed by atoms with Crippen LogP contribution in [0.2, 0.25) is 0 Å². The maximum absolute atomic E-state index is 6.30. The minimum atomic E-state index is -0.257. The second-order valence-corrected chi connectivity index (χ2v) is 7.59. The number of hydrogen-bond acceptors (Lipinski definition) is 7. The molecule has 156 valence electrons. The number of benzene rings is 1. The molecule has 0 N–H and O–H groups in total. The summed E-state index contributed by atoms with van der Waals surface area (Å²) in [5, 5.41) is 0. The zero-order chi connectivity index (χ0) is 20.8. The molecule has 1 atom stereocenters. The molecule has 2 aliphatic heterocycles. The first-order chi connectivity index (χ1) is 15.3. The van der Waals surface area contributed by atoms with Crippen LogP contribution in [0.4, 0.5) is 0 Å². The Morgan fingerprint density at radius 1 is 1.16 bits per heavy atom. The molecule has 3 aromatic heterocycles.